The van der Waals surface area contributed by atoms with Gasteiger partial charge in [0.2, 0.25) is 0 Å². The predicted octanol–water partition coefficient (Wildman–Crippen LogP) is 2.50. The van der Waals surface area contributed by atoms with Gasteiger partial charge < -0.3 is 14.8 Å². The molecular weight excluding hydrogens is 282 g/mol. The van der Waals surface area contributed by atoms with E-state index in [1.54, 1.807) is 37.6 Å². The number of amides is 1. The Morgan fingerprint density at radius 2 is 2.05 bits per heavy atom. The molecule has 1 aliphatic rings. The largest absolute Gasteiger partial charge is 0.497 e. The van der Waals surface area contributed by atoms with Crippen molar-refractivity contribution in [1.82, 2.24) is 9.78 Å². The lowest BCUT2D eigenvalue weighted by Crippen LogP contribution is -2.19. The van der Waals surface area contributed by atoms with E-state index in [1.165, 1.54) is 0 Å². The van der Waals surface area contributed by atoms with E-state index in [0.29, 0.717) is 17.3 Å². The maximum atomic E-state index is 12.2. The van der Waals surface area contributed by atoms with E-state index in [4.69, 9.17) is 9.47 Å². The molecule has 0 spiro atoms. The summed E-state index contributed by atoms with van der Waals surface area (Å²) < 4.78 is 12.3. The molecule has 2 aromatic rings. The van der Waals surface area contributed by atoms with Gasteiger partial charge in [0.25, 0.3) is 5.91 Å². The van der Waals surface area contributed by atoms with Crippen LogP contribution in [0.1, 0.15) is 29.2 Å². The van der Waals surface area contributed by atoms with Gasteiger partial charge in [0.1, 0.15) is 5.75 Å². The highest BCUT2D eigenvalue weighted by atomic mass is 16.5. The van der Waals surface area contributed by atoms with Gasteiger partial charge in [0, 0.05) is 25.0 Å². The summed E-state index contributed by atoms with van der Waals surface area (Å²) in [5.74, 6) is 0.568. The predicted molar refractivity (Wildman–Crippen MR) is 82.3 cm³/mol. The molecule has 0 aliphatic carbocycles. The fourth-order valence-electron chi connectivity index (χ4n) is 2.50. The van der Waals surface area contributed by atoms with E-state index >= 15 is 0 Å². The first-order valence-corrected chi connectivity index (χ1v) is 7.33. The van der Waals surface area contributed by atoms with Crippen molar-refractivity contribution in [2.24, 2.45) is 0 Å². The Morgan fingerprint density at radius 1 is 1.32 bits per heavy atom. The van der Waals surface area contributed by atoms with Gasteiger partial charge in [-0.25, -0.2) is 0 Å². The molecule has 1 saturated heterocycles. The van der Waals surface area contributed by atoms with Gasteiger partial charge in [0.05, 0.1) is 25.0 Å². The van der Waals surface area contributed by atoms with Gasteiger partial charge in [-0.3, -0.25) is 9.48 Å². The topological polar surface area (TPSA) is 65.4 Å². The summed E-state index contributed by atoms with van der Waals surface area (Å²) in [6.07, 6.45) is 5.45. The second-order valence-corrected chi connectivity index (χ2v) is 5.24. The number of hydrogen-bond acceptors (Lipinski definition) is 4. The molecule has 1 fully saturated rings. The molecule has 22 heavy (non-hydrogen) atoms. The number of aromatic nitrogens is 2. The molecule has 1 aliphatic heterocycles. The maximum Gasteiger partial charge on any atom is 0.255 e. The zero-order chi connectivity index (χ0) is 15.4. The average Bonchev–Trinajstić information content (AvgIpc) is 3.04. The SMILES string of the molecule is COc1ccc(C(=O)Nc2cnn(C3CCOCC3)c2)cc1. The standard InChI is InChI=1S/C16H19N3O3/c1-21-15-4-2-12(3-5-15)16(20)18-13-10-17-19(11-13)14-6-8-22-9-7-14/h2-5,10-11,14H,6-9H2,1H3,(H,18,20). The Balaban J connectivity index is 1.64. The molecule has 6 heteroatoms. The molecule has 0 bridgehead atoms. The van der Waals surface area contributed by atoms with Crippen LogP contribution in [0.4, 0.5) is 5.69 Å². The minimum absolute atomic E-state index is 0.158. The fourth-order valence-corrected chi connectivity index (χ4v) is 2.50. The van der Waals surface area contributed by atoms with E-state index in [9.17, 15) is 4.79 Å². The lowest BCUT2D eigenvalue weighted by Gasteiger charge is -2.22. The molecule has 0 saturated carbocycles. The molecule has 1 aromatic heterocycles. The van der Waals surface area contributed by atoms with E-state index in [0.717, 1.165) is 31.8 Å². The van der Waals surface area contributed by atoms with E-state index in [2.05, 4.69) is 10.4 Å². The zero-order valence-electron chi connectivity index (χ0n) is 12.5. The number of carbonyl (C=O) groups excluding carboxylic acids is 1. The van der Waals surface area contributed by atoms with Crippen LogP contribution >= 0.6 is 0 Å². The fraction of sp³-hybridized carbons (Fsp3) is 0.375. The monoisotopic (exact) mass is 301 g/mol. The van der Waals surface area contributed by atoms with Crippen molar-refractivity contribution in [2.45, 2.75) is 18.9 Å². The number of methoxy groups -OCH3 is 1. The first-order chi connectivity index (χ1) is 10.8. The number of benzene rings is 1. The normalized spacial score (nSPS) is 15.5. The van der Waals surface area contributed by atoms with Crippen molar-refractivity contribution in [3.63, 3.8) is 0 Å². The van der Waals surface area contributed by atoms with Gasteiger partial charge in [-0.2, -0.15) is 5.10 Å². The van der Waals surface area contributed by atoms with E-state index in [1.807, 2.05) is 10.9 Å². The third kappa shape index (κ3) is 3.28. The number of carbonyl (C=O) groups is 1. The van der Waals surface area contributed by atoms with Crippen molar-refractivity contribution in [3.05, 3.63) is 42.2 Å². The molecule has 2 heterocycles. The molecule has 3 rings (SSSR count). The number of nitrogens with zero attached hydrogens (tertiary/aromatic N) is 2. The molecule has 1 aromatic carbocycles. The van der Waals surface area contributed by atoms with Crippen molar-refractivity contribution in [3.8, 4) is 5.75 Å². The van der Waals surface area contributed by atoms with Crippen LogP contribution in [0, 0.1) is 0 Å². The molecule has 1 amide bonds. The molecule has 1 N–H and O–H groups in total. The Hall–Kier alpha value is -2.34. The molecule has 0 radical (unpaired) electrons. The molecular formula is C16H19N3O3. The molecule has 116 valence electrons. The van der Waals surface area contributed by atoms with E-state index < -0.39 is 0 Å². The number of hydrogen-bond donors (Lipinski definition) is 1. The minimum Gasteiger partial charge on any atom is -0.497 e. The first kappa shape index (κ1) is 14.6. The van der Waals surface area contributed by atoms with Crippen LogP contribution in [-0.2, 0) is 4.74 Å². The van der Waals surface area contributed by atoms with Crippen LogP contribution in [0.15, 0.2) is 36.7 Å². The number of nitrogens with one attached hydrogen (secondary N) is 1. The highest BCUT2D eigenvalue weighted by Gasteiger charge is 2.17. The third-order valence-electron chi connectivity index (χ3n) is 3.78. The summed E-state index contributed by atoms with van der Waals surface area (Å²) in [4.78, 5) is 12.2. The van der Waals surface area contributed by atoms with Gasteiger partial charge >= 0.3 is 0 Å². The second-order valence-electron chi connectivity index (χ2n) is 5.24. The molecule has 6 nitrogen and oxygen atoms in total. The van der Waals surface area contributed by atoms with Gasteiger partial charge in [0.15, 0.2) is 0 Å². The maximum absolute atomic E-state index is 12.2. The van der Waals surface area contributed by atoms with Crippen molar-refractivity contribution in [1.29, 1.82) is 0 Å². The number of rotatable bonds is 4. The quantitative estimate of drug-likeness (QED) is 0.942. The Kier molecular flexibility index (Phi) is 4.39. The highest BCUT2D eigenvalue weighted by Crippen LogP contribution is 2.21. The van der Waals surface area contributed by atoms with Gasteiger partial charge in [-0.15, -0.1) is 0 Å². The number of ether oxygens (including phenoxy) is 2. The number of anilines is 1. The minimum atomic E-state index is -0.158. The summed E-state index contributed by atoms with van der Waals surface area (Å²) in [6, 6.07) is 7.34. The van der Waals surface area contributed by atoms with E-state index in [-0.39, 0.29) is 5.91 Å². The van der Waals surface area contributed by atoms with Crippen LogP contribution in [-0.4, -0.2) is 36.0 Å². The highest BCUT2D eigenvalue weighted by molar-refractivity contribution is 6.04. The molecule has 0 atom stereocenters. The summed E-state index contributed by atoms with van der Waals surface area (Å²) in [6.45, 7) is 1.52. The zero-order valence-corrected chi connectivity index (χ0v) is 12.5. The summed E-state index contributed by atoms with van der Waals surface area (Å²) >= 11 is 0. The summed E-state index contributed by atoms with van der Waals surface area (Å²) in [7, 11) is 1.60. The smallest absolute Gasteiger partial charge is 0.255 e. The van der Waals surface area contributed by atoms with Crippen LogP contribution in [0.3, 0.4) is 0 Å². The van der Waals surface area contributed by atoms with Crippen molar-refractivity contribution >= 4 is 11.6 Å². The van der Waals surface area contributed by atoms with Crippen LogP contribution < -0.4 is 10.1 Å². The first-order valence-electron chi connectivity index (χ1n) is 7.33. The summed E-state index contributed by atoms with van der Waals surface area (Å²) in [5, 5.41) is 7.20. The molecule has 0 unspecified atom stereocenters. The third-order valence-corrected chi connectivity index (χ3v) is 3.78. The second kappa shape index (κ2) is 6.62. The van der Waals surface area contributed by atoms with Crippen molar-refractivity contribution in [2.75, 3.05) is 25.6 Å². The van der Waals surface area contributed by atoms with Crippen LogP contribution in [0.2, 0.25) is 0 Å². The Morgan fingerprint density at radius 3 is 2.73 bits per heavy atom. The van der Waals surface area contributed by atoms with Crippen LogP contribution in [0.25, 0.3) is 0 Å². The lowest BCUT2D eigenvalue weighted by atomic mass is 10.1. The van der Waals surface area contributed by atoms with Gasteiger partial charge in [-0.05, 0) is 37.1 Å². The van der Waals surface area contributed by atoms with Gasteiger partial charge in [-0.1, -0.05) is 0 Å². The lowest BCUT2D eigenvalue weighted by molar-refractivity contribution is 0.0662. The summed E-state index contributed by atoms with van der Waals surface area (Å²) in [5.41, 5.74) is 1.28. The average molecular weight is 301 g/mol. The van der Waals surface area contributed by atoms with Crippen LogP contribution in [0.5, 0.6) is 5.75 Å². The Labute approximate surface area is 129 Å². The Bertz CT molecular complexity index is 630. The van der Waals surface area contributed by atoms with Crippen molar-refractivity contribution < 1.29 is 14.3 Å².